The first-order valence-electron chi connectivity index (χ1n) is 6.25. The fraction of sp³-hybridized carbons (Fsp3) is 0.462. The number of methoxy groups -OCH3 is 1. The molecule has 2 atom stereocenters. The summed E-state index contributed by atoms with van der Waals surface area (Å²) in [5.74, 6) is -0.538. The predicted octanol–water partition coefficient (Wildman–Crippen LogP) is 1.47. The molecule has 2 rings (SSSR count). The van der Waals surface area contributed by atoms with Crippen LogP contribution in [0.3, 0.4) is 0 Å². The van der Waals surface area contributed by atoms with Crippen LogP contribution in [0, 0.1) is 0 Å². The summed E-state index contributed by atoms with van der Waals surface area (Å²) in [6.45, 7) is 1.94. The van der Waals surface area contributed by atoms with Crippen LogP contribution >= 0.6 is 11.8 Å². The van der Waals surface area contributed by atoms with Crippen molar-refractivity contribution in [3.05, 3.63) is 24.0 Å². The molecule has 108 valence electrons. The monoisotopic (exact) mass is 296 g/mol. The summed E-state index contributed by atoms with van der Waals surface area (Å²) in [5.41, 5.74) is 0.342. The molecule has 0 aromatic carbocycles. The number of aliphatic carboxylic acids is 1. The minimum absolute atomic E-state index is 0.124. The maximum absolute atomic E-state index is 12.7. The number of thioether (sulfide) groups is 1. The third kappa shape index (κ3) is 2.58. The standard InChI is InChI=1S/C13H16N2O4S/c1-3-11-15(9(7-20-11)13(17)18)12(16)8-4-5-14-6-10(8)19-2/h4-6,9,11H,3,7H2,1-2H3,(H,17,18). The van der Waals surface area contributed by atoms with E-state index in [2.05, 4.69) is 4.98 Å². The number of ether oxygens (including phenoxy) is 1. The van der Waals surface area contributed by atoms with Gasteiger partial charge in [0, 0.05) is 11.9 Å². The van der Waals surface area contributed by atoms with E-state index in [1.165, 1.54) is 36.2 Å². The molecule has 20 heavy (non-hydrogen) atoms. The van der Waals surface area contributed by atoms with E-state index in [-0.39, 0.29) is 11.3 Å². The van der Waals surface area contributed by atoms with E-state index in [0.717, 1.165) is 0 Å². The molecule has 7 heteroatoms. The van der Waals surface area contributed by atoms with Gasteiger partial charge >= 0.3 is 5.97 Å². The van der Waals surface area contributed by atoms with Gasteiger partial charge in [0.15, 0.2) is 0 Å². The van der Waals surface area contributed by atoms with Crippen LogP contribution < -0.4 is 4.74 Å². The molecule has 0 bridgehead atoms. The van der Waals surface area contributed by atoms with Crippen molar-refractivity contribution in [2.75, 3.05) is 12.9 Å². The SMILES string of the molecule is CCC1SCC(C(=O)O)N1C(=O)c1ccncc1OC. The zero-order valence-corrected chi connectivity index (χ0v) is 12.1. The van der Waals surface area contributed by atoms with Crippen LogP contribution in [0.5, 0.6) is 5.75 Å². The number of aromatic nitrogens is 1. The first kappa shape index (κ1) is 14.6. The largest absolute Gasteiger partial charge is 0.494 e. The molecule has 1 aliphatic heterocycles. The maximum atomic E-state index is 12.7. The van der Waals surface area contributed by atoms with Crippen molar-refractivity contribution in [1.29, 1.82) is 0 Å². The Balaban J connectivity index is 2.36. The van der Waals surface area contributed by atoms with Crippen molar-refractivity contribution < 1.29 is 19.4 Å². The second kappa shape index (κ2) is 6.13. The van der Waals surface area contributed by atoms with Crippen LogP contribution in [0.15, 0.2) is 18.5 Å². The zero-order valence-electron chi connectivity index (χ0n) is 11.3. The quantitative estimate of drug-likeness (QED) is 0.906. The lowest BCUT2D eigenvalue weighted by Gasteiger charge is -2.27. The van der Waals surface area contributed by atoms with Gasteiger partial charge in [-0.1, -0.05) is 6.92 Å². The Bertz CT molecular complexity index is 523. The molecule has 0 saturated carbocycles. The van der Waals surface area contributed by atoms with E-state index >= 15 is 0 Å². The molecule has 1 aromatic heterocycles. The maximum Gasteiger partial charge on any atom is 0.327 e. The normalized spacial score (nSPS) is 21.8. The van der Waals surface area contributed by atoms with Gasteiger partial charge in [0.2, 0.25) is 0 Å². The molecular formula is C13H16N2O4S. The second-order valence-electron chi connectivity index (χ2n) is 4.34. The molecule has 2 heterocycles. The summed E-state index contributed by atoms with van der Waals surface area (Å²) in [6, 6.07) is 0.755. The molecule has 0 radical (unpaired) electrons. The summed E-state index contributed by atoms with van der Waals surface area (Å²) in [5, 5.41) is 9.14. The highest BCUT2D eigenvalue weighted by Crippen LogP contribution is 2.33. The molecule has 1 saturated heterocycles. The molecule has 1 amide bonds. The van der Waals surface area contributed by atoms with E-state index in [9.17, 15) is 14.7 Å². The molecule has 1 aliphatic rings. The van der Waals surface area contributed by atoms with Gasteiger partial charge < -0.3 is 14.7 Å². The third-order valence-electron chi connectivity index (χ3n) is 3.20. The fourth-order valence-electron chi connectivity index (χ4n) is 2.20. The highest BCUT2D eigenvalue weighted by atomic mass is 32.2. The van der Waals surface area contributed by atoms with E-state index in [1.54, 1.807) is 6.07 Å². The number of hydrogen-bond donors (Lipinski definition) is 1. The van der Waals surface area contributed by atoms with Crippen LogP contribution in [-0.4, -0.2) is 51.1 Å². The summed E-state index contributed by atoms with van der Waals surface area (Å²) >= 11 is 1.49. The van der Waals surface area contributed by atoms with Gasteiger partial charge in [-0.05, 0) is 12.5 Å². The second-order valence-corrected chi connectivity index (χ2v) is 5.55. The average molecular weight is 296 g/mol. The Labute approximate surface area is 121 Å². The number of carboxylic acids is 1. The molecule has 0 spiro atoms. The van der Waals surface area contributed by atoms with E-state index in [0.29, 0.717) is 23.5 Å². The van der Waals surface area contributed by atoms with E-state index in [1.807, 2.05) is 6.92 Å². The Morgan fingerprint density at radius 2 is 2.35 bits per heavy atom. The first-order valence-corrected chi connectivity index (χ1v) is 7.30. The minimum Gasteiger partial charge on any atom is -0.494 e. The number of carbonyl (C=O) groups is 2. The first-order chi connectivity index (χ1) is 9.60. The highest BCUT2D eigenvalue weighted by Gasteiger charge is 2.41. The molecule has 6 nitrogen and oxygen atoms in total. The zero-order chi connectivity index (χ0) is 14.7. The summed E-state index contributed by atoms with van der Waals surface area (Å²) in [6.07, 6.45) is 3.65. The van der Waals surface area contributed by atoms with Crippen LogP contribution in [0.2, 0.25) is 0 Å². The Hall–Kier alpha value is -1.76. The Morgan fingerprint density at radius 1 is 1.60 bits per heavy atom. The van der Waals surface area contributed by atoms with Crippen LogP contribution in [-0.2, 0) is 4.79 Å². The highest BCUT2D eigenvalue weighted by molar-refractivity contribution is 8.00. The Morgan fingerprint density at radius 3 is 2.95 bits per heavy atom. The molecular weight excluding hydrogens is 280 g/mol. The van der Waals surface area contributed by atoms with Crippen molar-refractivity contribution in [2.45, 2.75) is 24.8 Å². The lowest BCUT2D eigenvalue weighted by atomic mass is 10.1. The number of hydrogen-bond acceptors (Lipinski definition) is 5. The van der Waals surface area contributed by atoms with Gasteiger partial charge in [-0.3, -0.25) is 9.78 Å². The Kier molecular flexibility index (Phi) is 4.49. The number of amides is 1. The summed E-state index contributed by atoms with van der Waals surface area (Å²) in [7, 11) is 1.46. The molecule has 0 aliphatic carbocycles. The van der Waals surface area contributed by atoms with Crippen molar-refractivity contribution in [3.63, 3.8) is 0 Å². The number of carbonyl (C=O) groups excluding carboxylic acids is 1. The minimum atomic E-state index is -0.977. The van der Waals surface area contributed by atoms with Gasteiger partial charge in [0.1, 0.15) is 11.8 Å². The van der Waals surface area contributed by atoms with Crippen LogP contribution in [0.1, 0.15) is 23.7 Å². The number of rotatable bonds is 4. The average Bonchev–Trinajstić information content (AvgIpc) is 2.90. The lowest BCUT2D eigenvalue weighted by molar-refractivity contribution is -0.141. The fourth-order valence-corrected chi connectivity index (χ4v) is 3.55. The van der Waals surface area contributed by atoms with Gasteiger partial charge in [0.05, 0.1) is 24.2 Å². The number of carboxylic acid groups (broad SMARTS) is 1. The van der Waals surface area contributed by atoms with Gasteiger partial charge in [-0.15, -0.1) is 11.8 Å². The molecule has 1 aromatic rings. The van der Waals surface area contributed by atoms with Crippen molar-refractivity contribution in [1.82, 2.24) is 9.88 Å². The van der Waals surface area contributed by atoms with Crippen LogP contribution in [0.4, 0.5) is 0 Å². The summed E-state index contributed by atoms with van der Waals surface area (Å²) in [4.78, 5) is 29.3. The van der Waals surface area contributed by atoms with E-state index in [4.69, 9.17) is 4.74 Å². The van der Waals surface area contributed by atoms with Crippen molar-refractivity contribution in [3.8, 4) is 5.75 Å². The van der Waals surface area contributed by atoms with Crippen molar-refractivity contribution in [2.24, 2.45) is 0 Å². The molecule has 2 unspecified atom stereocenters. The lowest BCUT2D eigenvalue weighted by Crippen LogP contribution is -2.45. The predicted molar refractivity (Wildman–Crippen MR) is 74.9 cm³/mol. The topological polar surface area (TPSA) is 79.7 Å². The number of pyridine rings is 1. The summed E-state index contributed by atoms with van der Waals surface area (Å²) < 4.78 is 5.13. The molecule has 1 fully saturated rings. The van der Waals surface area contributed by atoms with Gasteiger partial charge in [0.25, 0.3) is 5.91 Å². The van der Waals surface area contributed by atoms with Crippen LogP contribution in [0.25, 0.3) is 0 Å². The van der Waals surface area contributed by atoms with Crippen molar-refractivity contribution >= 4 is 23.6 Å². The number of nitrogens with zero attached hydrogens (tertiary/aromatic N) is 2. The van der Waals surface area contributed by atoms with Gasteiger partial charge in [-0.2, -0.15) is 0 Å². The van der Waals surface area contributed by atoms with E-state index < -0.39 is 12.0 Å². The smallest absolute Gasteiger partial charge is 0.327 e. The molecule has 1 N–H and O–H groups in total. The third-order valence-corrected chi connectivity index (χ3v) is 4.65. The van der Waals surface area contributed by atoms with Gasteiger partial charge in [-0.25, -0.2) is 4.79 Å².